The van der Waals surface area contributed by atoms with Crippen molar-refractivity contribution in [1.29, 1.82) is 0 Å². The van der Waals surface area contributed by atoms with Gasteiger partial charge < -0.3 is 9.52 Å². The van der Waals surface area contributed by atoms with E-state index in [2.05, 4.69) is 16.1 Å². The van der Waals surface area contributed by atoms with Crippen molar-refractivity contribution in [2.45, 2.75) is 47.1 Å². The second-order valence-corrected chi connectivity index (χ2v) is 2.34. The van der Waals surface area contributed by atoms with Crippen LogP contribution in [-0.2, 0) is 5.60 Å². The molecule has 15 heavy (non-hydrogen) atoms. The summed E-state index contributed by atoms with van der Waals surface area (Å²) in [6.07, 6.45) is 5.02. The van der Waals surface area contributed by atoms with Crippen molar-refractivity contribution in [1.82, 2.24) is 10.2 Å². The number of aryl methyl sites for hydroxylation is 1. The van der Waals surface area contributed by atoms with Gasteiger partial charge in [-0.05, 0) is 6.92 Å². The monoisotopic (exact) mass is 212 g/mol. The zero-order chi connectivity index (χ0) is 12.5. The van der Waals surface area contributed by atoms with Gasteiger partial charge >= 0.3 is 0 Å². The first kappa shape index (κ1) is 16.1. The standard InChI is InChI=1S/C7H8N2O2.2C2H6/c1-4-7(3,10)6-9-8-5(2)11-6;2*1-2/h1,10H,2-3H3;2*1-2H3. The highest BCUT2D eigenvalue weighted by Gasteiger charge is 2.26. The summed E-state index contributed by atoms with van der Waals surface area (Å²) in [5.74, 6) is 2.57. The zero-order valence-corrected chi connectivity index (χ0v) is 10.3. The summed E-state index contributed by atoms with van der Waals surface area (Å²) >= 11 is 0. The third-order valence-corrected chi connectivity index (χ3v) is 1.22. The van der Waals surface area contributed by atoms with Gasteiger partial charge in [-0.25, -0.2) is 0 Å². The first-order chi connectivity index (χ1) is 7.06. The van der Waals surface area contributed by atoms with Gasteiger partial charge in [-0.3, -0.25) is 0 Å². The van der Waals surface area contributed by atoms with Crippen molar-refractivity contribution in [2.24, 2.45) is 0 Å². The van der Waals surface area contributed by atoms with Crippen molar-refractivity contribution in [3.8, 4) is 12.3 Å². The Morgan fingerprint density at radius 3 is 2.00 bits per heavy atom. The zero-order valence-electron chi connectivity index (χ0n) is 10.3. The molecule has 4 nitrogen and oxygen atoms in total. The molecule has 0 spiro atoms. The molecule has 86 valence electrons. The van der Waals surface area contributed by atoms with Crippen molar-refractivity contribution >= 4 is 0 Å². The van der Waals surface area contributed by atoms with E-state index in [0.717, 1.165) is 0 Å². The topological polar surface area (TPSA) is 59.2 Å². The molecular weight excluding hydrogens is 192 g/mol. The van der Waals surface area contributed by atoms with Gasteiger partial charge in [0.05, 0.1) is 0 Å². The molecule has 1 unspecified atom stereocenters. The summed E-state index contributed by atoms with van der Waals surface area (Å²) in [7, 11) is 0. The van der Waals surface area contributed by atoms with Crippen molar-refractivity contribution < 1.29 is 9.52 Å². The van der Waals surface area contributed by atoms with Crippen LogP contribution in [0.2, 0.25) is 0 Å². The minimum absolute atomic E-state index is 0.0532. The summed E-state index contributed by atoms with van der Waals surface area (Å²) in [6, 6.07) is 0. The van der Waals surface area contributed by atoms with Crippen LogP contribution in [0.5, 0.6) is 0 Å². The summed E-state index contributed by atoms with van der Waals surface area (Å²) in [6.45, 7) is 11.0. The molecule has 0 saturated carbocycles. The Labute approximate surface area is 91.7 Å². The van der Waals surface area contributed by atoms with Crippen molar-refractivity contribution in [2.75, 3.05) is 0 Å². The van der Waals surface area contributed by atoms with Gasteiger partial charge in [-0.2, -0.15) is 0 Å². The fraction of sp³-hybridized carbons (Fsp3) is 0.636. The second kappa shape index (κ2) is 8.01. The molecule has 1 aromatic rings. The van der Waals surface area contributed by atoms with Crippen molar-refractivity contribution in [3.05, 3.63) is 11.8 Å². The third kappa shape index (κ3) is 5.18. The Morgan fingerprint density at radius 2 is 1.73 bits per heavy atom. The van der Waals surface area contributed by atoms with Gasteiger partial charge in [0, 0.05) is 6.92 Å². The average molecular weight is 212 g/mol. The normalized spacial score (nSPS) is 12.1. The number of terminal acetylenes is 1. The highest BCUT2D eigenvalue weighted by Crippen LogP contribution is 2.16. The van der Waals surface area contributed by atoms with E-state index in [0.29, 0.717) is 5.89 Å². The number of hydrogen-bond acceptors (Lipinski definition) is 4. The third-order valence-electron chi connectivity index (χ3n) is 1.22. The molecule has 1 aromatic heterocycles. The fourth-order valence-corrected chi connectivity index (χ4v) is 0.555. The lowest BCUT2D eigenvalue weighted by Gasteiger charge is -2.08. The molecule has 1 N–H and O–H groups in total. The molecule has 0 aliphatic carbocycles. The molecule has 1 heterocycles. The molecule has 0 aliphatic heterocycles. The van der Waals surface area contributed by atoms with E-state index in [1.807, 2.05) is 27.7 Å². The molecule has 1 atom stereocenters. The lowest BCUT2D eigenvalue weighted by molar-refractivity contribution is 0.0883. The van der Waals surface area contributed by atoms with Crippen LogP contribution in [0.4, 0.5) is 0 Å². The largest absolute Gasteiger partial charge is 0.421 e. The molecule has 0 fully saturated rings. The van der Waals surface area contributed by atoms with Crippen molar-refractivity contribution in [3.63, 3.8) is 0 Å². The lowest BCUT2D eigenvalue weighted by Crippen LogP contribution is -2.18. The molecule has 0 saturated heterocycles. The van der Waals surface area contributed by atoms with Gasteiger partial charge in [0.2, 0.25) is 11.5 Å². The van der Waals surface area contributed by atoms with Gasteiger partial charge in [0.15, 0.2) is 0 Å². The number of rotatable bonds is 1. The van der Waals surface area contributed by atoms with E-state index >= 15 is 0 Å². The Morgan fingerprint density at radius 1 is 1.27 bits per heavy atom. The van der Waals surface area contributed by atoms with Gasteiger partial charge in [0.25, 0.3) is 5.89 Å². The van der Waals surface area contributed by atoms with E-state index in [1.54, 1.807) is 6.92 Å². The highest BCUT2D eigenvalue weighted by atomic mass is 16.4. The molecule has 1 rings (SSSR count). The summed E-state index contributed by atoms with van der Waals surface area (Å²) in [5, 5.41) is 16.5. The predicted octanol–water partition coefficient (Wildman–Crippen LogP) is 2.27. The molecular formula is C11H20N2O2. The summed E-state index contributed by atoms with van der Waals surface area (Å²) in [4.78, 5) is 0. The van der Waals surface area contributed by atoms with Gasteiger partial charge in [-0.1, -0.05) is 33.6 Å². The van der Waals surface area contributed by atoms with Gasteiger partial charge in [-0.15, -0.1) is 16.6 Å². The van der Waals surface area contributed by atoms with Crippen LogP contribution in [0.25, 0.3) is 0 Å². The summed E-state index contributed by atoms with van der Waals surface area (Å²) < 4.78 is 4.92. The number of hydrogen-bond donors (Lipinski definition) is 1. The minimum atomic E-state index is -1.46. The van der Waals surface area contributed by atoms with Crippen LogP contribution in [0.3, 0.4) is 0 Å². The van der Waals surface area contributed by atoms with Crippen LogP contribution in [0.1, 0.15) is 46.4 Å². The van der Waals surface area contributed by atoms with E-state index in [-0.39, 0.29) is 5.89 Å². The first-order valence-corrected chi connectivity index (χ1v) is 5.07. The van der Waals surface area contributed by atoms with Crippen LogP contribution < -0.4 is 0 Å². The van der Waals surface area contributed by atoms with Crippen LogP contribution in [0, 0.1) is 19.3 Å². The van der Waals surface area contributed by atoms with E-state index in [1.165, 1.54) is 6.92 Å². The van der Waals surface area contributed by atoms with Crippen LogP contribution in [-0.4, -0.2) is 15.3 Å². The maximum absolute atomic E-state index is 9.38. The molecule has 0 aromatic carbocycles. The Hall–Kier alpha value is -1.34. The fourth-order valence-electron chi connectivity index (χ4n) is 0.555. The maximum atomic E-state index is 9.38. The minimum Gasteiger partial charge on any atom is -0.421 e. The Kier molecular flexibility index (Phi) is 8.60. The smallest absolute Gasteiger partial charge is 0.260 e. The van der Waals surface area contributed by atoms with E-state index < -0.39 is 5.60 Å². The van der Waals surface area contributed by atoms with Gasteiger partial charge in [0.1, 0.15) is 0 Å². The second-order valence-electron chi connectivity index (χ2n) is 2.34. The van der Waals surface area contributed by atoms with Crippen LogP contribution >= 0.6 is 0 Å². The SMILES string of the molecule is C#CC(C)(O)c1nnc(C)o1.CC.CC. The lowest BCUT2D eigenvalue weighted by atomic mass is 10.1. The van der Waals surface area contributed by atoms with Crippen LogP contribution in [0.15, 0.2) is 4.42 Å². The number of nitrogens with zero attached hydrogens (tertiary/aromatic N) is 2. The molecule has 0 amide bonds. The number of aromatic nitrogens is 2. The Balaban J connectivity index is 0. The molecule has 0 bridgehead atoms. The first-order valence-electron chi connectivity index (χ1n) is 5.07. The average Bonchev–Trinajstić information content (AvgIpc) is 2.71. The van der Waals surface area contributed by atoms with E-state index in [4.69, 9.17) is 10.8 Å². The quantitative estimate of drug-likeness (QED) is 0.725. The van der Waals surface area contributed by atoms with E-state index in [9.17, 15) is 5.11 Å². The number of aliphatic hydroxyl groups is 1. The summed E-state index contributed by atoms with van der Waals surface area (Å²) in [5.41, 5.74) is -1.46. The molecule has 4 heteroatoms. The highest BCUT2D eigenvalue weighted by molar-refractivity contribution is 5.12. The maximum Gasteiger partial charge on any atom is 0.260 e. The molecule has 0 radical (unpaired) electrons. The molecule has 0 aliphatic rings. The Bertz CT molecular complexity index is 298. The predicted molar refractivity (Wildman–Crippen MR) is 60.1 cm³/mol.